The van der Waals surface area contributed by atoms with Gasteiger partial charge in [-0.1, -0.05) is 25.4 Å². The van der Waals surface area contributed by atoms with Crippen molar-refractivity contribution in [2.24, 2.45) is 0 Å². The number of anilines is 1. The molecule has 0 aliphatic carbocycles. The number of nitrogens with zero attached hydrogens (tertiary/aromatic N) is 1. The Balaban J connectivity index is 1.96. The van der Waals surface area contributed by atoms with Gasteiger partial charge in [0.05, 0.1) is 4.34 Å². The lowest BCUT2D eigenvalue weighted by atomic mass is 10.1. The van der Waals surface area contributed by atoms with Crippen LogP contribution < -0.4 is 11.1 Å². The van der Waals surface area contributed by atoms with Crippen molar-refractivity contribution in [2.45, 2.75) is 26.2 Å². The number of halogens is 1. The Bertz CT molecular complexity index is 640. The number of rotatable bonds is 5. The fourth-order valence-corrected chi connectivity index (χ4v) is 2.98. The van der Waals surface area contributed by atoms with Crippen LogP contribution in [-0.2, 0) is 6.42 Å². The van der Waals surface area contributed by atoms with Crippen LogP contribution in [0, 0.1) is 0 Å². The van der Waals surface area contributed by atoms with E-state index in [9.17, 15) is 4.79 Å². The van der Waals surface area contributed by atoms with Crippen molar-refractivity contribution in [3.63, 3.8) is 0 Å². The van der Waals surface area contributed by atoms with Crippen molar-refractivity contribution in [3.05, 3.63) is 44.7 Å². The molecule has 0 fully saturated rings. The highest BCUT2D eigenvalue weighted by atomic mass is 35.5. The van der Waals surface area contributed by atoms with E-state index in [0.29, 0.717) is 17.9 Å². The smallest absolute Gasteiger partial charge is 0.251 e. The third-order valence-corrected chi connectivity index (χ3v) is 4.30. The predicted molar refractivity (Wildman–Crippen MR) is 88.1 cm³/mol. The van der Waals surface area contributed by atoms with Gasteiger partial charge in [-0.15, -0.1) is 11.3 Å². The van der Waals surface area contributed by atoms with Gasteiger partial charge in [-0.2, -0.15) is 0 Å². The molecule has 1 amide bonds. The van der Waals surface area contributed by atoms with Gasteiger partial charge in [0.15, 0.2) is 0 Å². The molecule has 112 valence electrons. The maximum atomic E-state index is 12.2. The minimum atomic E-state index is -0.131. The zero-order valence-electron chi connectivity index (χ0n) is 12.0. The highest BCUT2D eigenvalue weighted by Gasteiger charge is 2.10. The molecule has 0 aromatic carbocycles. The van der Waals surface area contributed by atoms with E-state index in [1.807, 2.05) is 26.0 Å². The van der Waals surface area contributed by atoms with Gasteiger partial charge in [0.1, 0.15) is 5.82 Å². The summed E-state index contributed by atoms with van der Waals surface area (Å²) in [5.74, 6) is 0.471. The molecule has 0 bridgehead atoms. The summed E-state index contributed by atoms with van der Waals surface area (Å²) in [6, 6.07) is 7.23. The minimum absolute atomic E-state index is 0.131. The van der Waals surface area contributed by atoms with Gasteiger partial charge in [-0.05, 0) is 36.6 Å². The van der Waals surface area contributed by atoms with Crippen LogP contribution in [0.4, 0.5) is 5.82 Å². The molecular formula is C15H18ClN3OS. The Kier molecular flexibility index (Phi) is 5.20. The van der Waals surface area contributed by atoms with E-state index in [1.54, 1.807) is 12.1 Å². The first-order valence-corrected chi connectivity index (χ1v) is 7.95. The number of amides is 1. The summed E-state index contributed by atoms with van der Waals surface area (Å²) in [6.45, 7) is 4.60. The molecule has 0 aliphatic rings. The van der Waals surface area contributed by atoms with Gasteiger partial charge >= 0.3 is 0 Å². The van der Waals surface area contributed by atoms with Gasteiger partial charge < -0.3 is 11.1 Å². The van der Waals surface area contributed by atoms with Crippen molar-refractivity contribution in [2.75, 3.05) is 12.3 Å². The average molecular weight is 324 g/mol. The van der Waals surface area contributed by atoms with Crippen molar-refractivity contribution < 1.29 is 4.79 Å². The first-order chi connectivity index (χ1) is 9.95. The molecule has 2 aromatic rings. The average Bonchev–Trinajstić information content (AvgIpc) is 2.83. The molecule has 0 radical (unpaired) electrons. The molecule has 2 heterocycles. The van der Waals surface area contributed by atoms with E-state index in [0.717, 1.165) is 21.3 Å². The molecule has 0 atom stereocenters. The molecule has 0 saturated carbocycles. The molecule has 3 N–H and O–H groups in total. The molecule has 4 nitrogen and oxygen atoms in total. The fourth-order valence-electron chi connectivity index (χ4n) is 1.89. The van der Waals surface area contributed by atoms with Crippen LogP contribution >= 0.6 is 22.9 Å². The Morgan fingerprint density at radius 1 is 1.43 bits per heavy atom. The van der Waals surface area contributed by atoms with E-state index < -0.39 is 0 Å². The Morgan fingerprint density at radius 3 is 2.81 bits per heavy atom. The van der Waals surface area contributed by atoms with Crippen LogP contribution in [0.15, 0.2) is 24.3 Å². The first kappa shape index (κ1) is 15.8. The van der Waals surface area contributed by atoms with E-state index >= 15 is 0 Å². The number of nitrogens with two attached hydrogens (primary N) is 1. The third-order valence-electron chi connectivity index (χ3n) is 3.00. The summed E-state index contributed by atoms with van der Waals surface area (Å²) < 4.78 is 0.764. The Hall–Kier alpha value is -1.59. The predicted octanol–water partition coefficient (Wildman–Crippen LogP) is 3.47. The van der Waals surface area contributed by atoms with Crippen molar-refractivity contribution in [1.82, 2.24) is 10.3 Å². The van der Waals surface area contributed by atoms with Crippen molar-refractivity contribution >= 4 is 34.7 Å². The molecule has 0 aliphatic heterocycles. The zero-order chi connectivity index (χ0) is 15.4. The second kappa shape index (κ2) is 6.91. The fraction of sp³-hybridized carbons (Fsp3) is 0.333. The molecule has 0 saturated heterocycles. The van der Waals surface area contributed by atoms with Crippen LogP contribution in [0.1, 0.15) is 40.7 Å². The molecule has 21 heavy (non-hydrogen) atoms. The van der Waals surface area contributed by atoms with Gasteiger partial charge in [0.2, 0.25) is 0 Å². The third kappa shape index (κ3) is 4.44. The SMILES string of the molecule is CC(C)c1cc(C(=O)NCCc2ccc(Cl)s2)cc(N)n1. The Labute approximate surface area is 133 Å². The molecule has 6 heteroatoms. The van der Waals surface area contributed by atoms with E-state index in [4.69, 9.17) is 17.3 Å². The second-order valence-electron chi connectivity index (χ2n) is 5.07. The number of aromatic nitrogens is 1. The van der Waals surface area contributed by atoms with Crippen LogP contribution in [-0.4, -0.2) is 17.4 Å². The summed E-state index contributed by atoms with van der Waals surface area (Å²) in [5, 5.41) is 2.89. The second-order valence-corrected chi connectivity index (χ2v) is 6.87. The molecule has 0 unspecified atom stereocenters. The lowest BCUT2D eigenvalue weighted by molar-refractivity contribution is 0.0954. The van der Waals surface area contributed by atoms with Crippen LogP contribution in [0.2, 0.25) is 4.34 Å². The lowest BCUT2D eigenvalue weighted by Gasteiger charge is -2.09. The van der Waals surface area contributed by atoms with E-state index in [2.05, 4.69) is 10.3 Å². The zero-order valence-corrected chi connectivity index (χ0v) is 13.6. The monoisotopic (exact) mass is 323 g/mol. The van der Waals surface area contributed by atoms with E-state index in [-0.39, 0.29) is 11.8 Å². The highest BCUT2D eigenvalue weighted by molar-refractivity contribution is 7.16. The maximum Gasteiger partial charge on any atom is 0.251 e. The molecule has 0 spiro atoms. The summed E-state index contributed by atoms with van der Waals surface area (Å²) >= 11 is 7.40. The largest absolute Gasteiger partial charge is 0.384 e. The summed E-state index contributed by atoms with van der Waals surface area (Å²) in [4.78, 5) is 17.5. The van der Waals surface area contributed by atoms with Gasteiger partial charge in [0.25, 0.3) is 5.91 Å². The molecule has 2 rings (SSSR count). The number of pyridine rings is 1. The lowest BCUT2D eigenvalue weighted by Crippen LogP contribution is -2.26. The molecular weight excluding hydrogens is 306 g/mol. The summed E-state index contributed by atoms with van der Waals surface area (Å²) in [7, 11) is 0. The highest BCUT2D eigenvalue weighted by Crippen LogP contribution is 2.21. The first-order valence-electron chi connectivity index (χ1n) is 6.75. The number of carbonyl (C=O) groups excluding carboxylic acids is 1. The summed E-state index contributed by atoms with van der Waals surface area (Å²) in [6.07, 6.45) is 0.765. The summed E-state index contributed by atoms with van der Waals surface area (Å²) in [5.41, 5.74) is 7.13. The normalized spacial score (nSPS) is 10.9. The van der Waals surface area contributed by atoms with Gasteiger partial charge in [-0.3, -0.25) is 4.79 Å². The maximum absolute atomic E-state index is 12.2. The topological polar surface area (TPSA) is 68.0 Å². The Morgan fingerprint density at radius 2 is 2.19 bits per heavy atom. The number of nitrogens with one attached hydrogen (secondary N) is 1. The number of hydrogen-bond acceptors (Lipinski definition) is 4. The van der Waals surface area contributed by atoms with Crippen molar-refractivity contribution in [1.29, 1.82) is 0 Å². The van der Waals surface area contributed by atoms with Crippen LogP contribution in [0.5, 0.6) is 0 Å². The van der Waals surface area contributed by atoms with Crippen molar-refractivity contribution in [3.8, 4) is 0 Å². The minimum Gasteiger partial charge on any atom is -0.384 e. The van der Waals surface area contributed by atoms with Crippen LogP contribution in [0.3, 0.4) is 0 Å². The quantitative estimate of drug-likeness (QED) is 0.885. The van der Waals surface area contributed by atoms with E-state index in [1.165, 1.54) is 11.3 Å². The number of nitrogen functional groups attached to an aromatic ring is 1. The molecule has 2 aromatic heterocycles. The number of carbonyl (C=O) groups is 1. The number of thiophene rings is 1. The van der Waals surface area contributed by atoms with Gasteiger partial charge in [0, 0.05) is 22.7 Å². The van der Waals surface area contributed by atoms with Crippen LogP contribution in [0.25, 0.3) is 0 Å². The standard InChI is InChI=1S/C15H18ClN3OS/c1-9(2)12-7-10(8-14(17)19-12)15(20)18-6-5-11-3-4-13(16)21-11/h3-4,7-9H,5-6H2,1-2H3,(H2,17,19)(H,18,20). The number of hydrogen-bond donors (Lipinski definition) is 2. The van der Waals surface area contributed by atoms with Gasteiger partial charge in [-0.25, -0.2) is 4.98 Å².